The maximum absolute atomic E-state index is 12.6. The van der Waals surface area contributed by atoms with Gasteiger partial charge in [-0.2, -0.15) is 0 Å². The highest BCUT2D eigenvalue weighted by Gasteiger charge is 2.18. The summed E-state index contributed by atoms with van der Waals surface area (Å²) in [4.78, 5) is 38.0. The largest absolute Gasteiger partial charge is 0.497 e. The van der Waals surface area contributed by atoms with Gasteiger partial charge in [-0.25, -0.2) is 0 Å². The van der Waals surface area contributed by atoms with Gasteiger partial charge in [0.25, 0.3) is 17.7 Å². The van der Waals surface area contributed by atoms with Crippen molar-refractivity contribution in [3.8, 4) is 17.2 Å². The van der Waals surface area contributed by atoms with E-state index in [9.17, 15) is 14.4 Å². The summed E-state index contributed by atoms with van der Waals surface area (Å²) in [5.74, 6) is 0.150. The molecule has 0 bridgehead atoms. The quantitative estimate of drug-likeness (QED) is 0.288. The van der Waals surface area contributed by atoms with E-state index < -0.39 is 11.8 Å². The van der Waals surface area contributed by atoms with Crippen LogP contribution in [0.1, 0.15) is 30.4 Å². The van der Waals surface area contributed by atoms with E-state index in [1.165, 1.54) is 37.7 Å². The van der Waals surface area contributed by atoms with Crippen molar-refractivity contribution in [3.05, 3.63) is 81.7 Å². The first kappa shape index (κ1) is 25.8. The highest BCUT2D eigenvalue weighted by atomic mass is 35.5. The van der Waals surface area contributed by atoms with E-state index in [1.807, 2.05) is 0 Å². The fraction of sp³-hybridized carbons (Fsp3) is 0.115. The Hall–Kier alpha value is -4.28. The molecule has 3 aromatic carbocycles. The van der Waals surface area contributed by atoms with Gasteiger partial charge in [0, 0.05) is 26.9 Å². The van der Waals surface area contributed by atoms with Crippen molar-refractivity contribution in [2.24, 2.45) is 0 Å². The summed E-state index contributed by atoms with van der Waals surface area (Å²) >= 11 is 7.55. The van der Waals surface area contributed by atoms with Gasteiger partial charge in [-0.1, -0.05) is 11.6 Å². The Bertz CT molecular complexity index is 1490. The molecule has 0 atom stereocenters. The maximum atomic E-state index is 12.6. The summed E-state index contributed by atoms with van der Waals surface area (Å²) < 4.78 is 16.4. The molecule has 190 valence electrons. The highest BCUT2D eigenvalue weighted by Crippen LogP contribution is 2.37. The molecule has 9 nitrogen and oxygen atoms in total. The first-order valence-corrected chi connectivity index (χ1v) is 12.0. The number of hydrazine groups is 1. The number of thiophene rings is 1. The third kappa shape index (κ3) is 5.60. The molecule has 0 aliphatic carbocycles. The number of hydrogen-bond donors (Lipinski definition) is 3. The Balaban J connectivity index is 1.37. The van der Waals surface area contributed by atoms with Gasteiger partial charge in [0.2, 0.25) is 0 Å². The van der Waals surface area contributed by atoms with E-state index in [0.717, 1.165) is 10.1 Å². The predicted octanol–water partition coefficient (Wildman–Crippen LogP) is 4.91. The standard InChI is InChI=1S/C26H22ClN3O6S/c1-34-17-9-10-18-21(13-17)37-23(22(18)27)26(33)30-29-25(32)14-4-7-16(8-5-14)28-24(31)15-6-11-19(35-2)20(12-15)36-3/h4-13H,1-3H3,(H,28,31)(H,29,32)(H,30,33). The van der Waals surface area contributed by atoms with Crippen LogP contribution < -0.4 is 30.4 Å². The molecular weight excluding hydrogens is 518 g/mol. The molecule has 0 saturated carbocycles. The van der Waals surface area contributed by atoms with Gasteiger partial charge in [-0.15, -0.1) is 11.3 Å². The number of methoxy groups -OCH3 is 3. The van der Waals surface area contributed by atoms with Crippen molar-refractivity contribution < 1.29 is 28.6 Å². The molecule has 11 heteroatoms. The van der Waals surface area contributed by atoms with Gasteiger partial charge in [-0.05, 0) is 60.7 Å². The monoisotopic (exact) mass is 539 g/mol. The van der Waals surface area contributed by atoms with E-state index in [-0.39, 0.29) is 16.3 Å². The average Bonchev–Trinajstić information content (AvgIpc) is 3.26. The molecule has 0 aliphatic heterocycles. The Morgan fingerprint density at radius 3 is 2.08 bits per heavy atom. The molecule has 4 rings (SSSR count). The zero-order chi connectivity index (χ0) is 26.5. The lowest BCUT2D eigenvalue weighted by Crippen LogP contribution is -2.41. The second-order valence-electron chi connectivity index (χ2n) is 7.62. The Kier molecular flexibility index (Phi) is 7.80. The van der Waals surface area contributed by atoms with Crippen LogP contribution in [0.15, 0.2) is 60.7 Å². The van der Waals surface area contributed by atoms with E-state index >= 15 is 0 Å². The number of fused-ring (bicyclic) bond motifs is 1. The third-order valence-electron chi connectivity index (χ3n) is 5.38. The summed E-state index contributed by atoms with van der Waals surface area (Å²) in [5.41, 5.74) is 5.88. The van der Waals surface area contributed by atoms with Crippen molar-refractivity contribution in [2.45, 2.75) is 0 Å². The summed E-state index contributed by atoms with van der Waals surface area (Å²) in [6.45, 7) is 0. The summed E-state index contributed by atoms with van der Waals surface area (Å²) in [6, 6.07) is 16.3. The van der Waals surface area contributed by atoms with Crippen molar-refractivity contribution in [1.82, 2.24) is 10.9 Å². The summed E-state index contributed by atoms with van der Waals surface area (Å²) in [5, 5.41) is 3.77. The first-order chi connectivity index (χ1) is 17.8. The molecule has 0 fully saturated rings. The molecular formula is C26H22ClN3O6S. The molecule has 0 unspecified atom stereocenters. The molecule has 1 heterocycles. The molecule has 0 aliphatic rings. The number of halogens is 1. The number of carbonyl (C=O) groups is 3. The normalized spacial score (nSPS) is 10.5. The fourth-order valence-corrected chi connectivity index (χ4v) is 4.89. The topological polar surface area (TPSA) is 115 Å². The number of carbonyl (C=O) groups excluding carboxylic acids is 3. The van der Waals surface area contributed by atoms with Crippen LogP contribution in [0.5, 0.6) is 17.2 Å². The highest BCUT2D eigenvalue weighted by molar-refractivity contribution is 7.21. The van der Waals surface area contributed by atoms with Gasteiger partial charge in [-0.3, -0.25) is 25.2 Å². The predicted molar refractivity (Wildman–Crippen MR) is 142 cm³/mol. The minimum absolute atomic E-state index is 0.262. The minimum Gasteiger partial charge on any atom is -0.497 e. The number of ether oxygens (including phenoxy) is 3. The van der Waals surface area contributed by atoms with Crippen LogP contribution in [0, 0.1) is 0 Å². The zero-order valence-corrected chi connectivity index (χ0v) is 21.6. The second kappa shape index (κ2) is 11.2. The van der Waals surface area contributed by atoms with E-state index in [4.69, 9.17) is 25.8 Å². The summed E-state index contributed by atoms with van der Waals surface area (Å²) in [6.07, 6.45) is 0. The smallest absolute Gasteiger partial charge is 0.281 e. The molecule has 0 saturated heterocycles. The maximum Gasteiger partial charge on any atom is 0.281 e. The van der Waals surface area contributed by atoms with Crippen molar-refractivity contribution in [2.75, 3.05) is 26.6 Å². The Morgan fingerprint density at radius 1 is 0.730 bits per heavy atom. The average molecular weight is 540 g/mol. The molecule has 0 spiro atoms. The second-order valence-corrected chi connectivity index (χ2v) is 9.05. The van der Waals surface area contributed by atoms with E-state index in [0.29, 0.717) is 33.5 Å². The lowest BCUT2D eigenvalue weighted by Gasteiger charge is -2.10. The number of nitrogens with one attached hydrogen (secondary N) is 3. The van der Waals surface area contributed by atoms with Crippen LogP contribution in [0.2, 0.25) is 5.02 Å². The third-order valence-corrected chi connectivity index (χ3v) is 7.04. The fourth-order valence-electron chi connectivity index (χ4n) is 3.45. The number of rotatable bonds is 7. The summed E-state index contributed by atoms with van der Waals surface area (Å²) in [7, 11) is 4.55. The van der Waals surface area contributed by atoms with Gasteiger partial charge < -0.3 is 19.5 Å². The Labute approximate surface area is 221 Å². The van der Waals surface area contributed by atoms with Crippen LogP contribution in [-0.4, -0.2) is 39.1 Å². The van der Waals surface area contributed by atoms with Crippen LogP contribution in [0.25, 0.3) is 10.1 Å². The van der Waals surface area contributed by atoms with Crippen molar-refractivity contribution in [1.29, 1.82) is 0 Å². The Morgan fingerprint density at radius 2 is 1.41 bits per heavy atom. The minimum atomic E-state index is -0.544. The molecule has 0 radical (unpaired) electrons. The van der Waals surface area contributed by atoms with E-state index in [2.05, 4.69) is 16.2 Å². The molecule has 37 heavy (non-hydrogen) atoms. The van der Waals surface area contributed by atoms with Crippen molar-refractivity contribution >= 4 is 56.4 Å². The SMILES string of the molecule is COc1ccc2c(Cl)c(C(=O)NNC(=O)c3ccc(NC(=O)c4ccc(OC)c(OC)c4)cc3)sc2c1. The molecule has 4 aromatic rings. The van der Waals surface area contributed by atoms with Crippen LogP contribution in [0.4, 0.5) is 5.69 Å². The lowest BCUT2D eigenvalue weighted by molar-refractivity contribution is 0.0849. The number of anilines is 1. The lowest BCUT2D eigenvalue weighted by atomic mass is 10.1. The van der Waals surface area contributed by atoms with Gasteiger partial charge >= 0.3 is 0 Å². The van der Waals surface area contributed by atoms with Crippen molar-refractivity contribution in [3.63, 3.8) is 0 Å². The number of benzene rings is 3. The van der Waals surface area contributed by atoms with Gasteiger partial charge in [0.05, 0.1) is 26.4 Å². The van der Waals surface area contributed by atoms with Gasteiger partial charge in [0.15, 0.2) is 11.5 Å². The first-order valence-electron chi connectivity index (χ1n) is 10.8. The number of amides is 3. The number of hydrogen-bond acceptors (Lipinski definition) is 7. The molecule has 1 aromatic heterocycles. The molecule has 3 N–H and O–H groups in total. The van der Waals surface area contributed by atoms with Crippen LogP contribution >= 0.6 is 22.9 Å². The van der Waals surface area contributed by atoms with Crippen LogP contribution in [0.3, 0.4) is 0 Å². The van der Waals surface area contributed by atoms with Crippen LogP contribution in [-0.2, 0) is 0 Å². The zero-order valence-electron chi connectivity index (χ0n) is 20.0. The molecule has 3 amide bonds. The van der Waals surface area contributed by atoms with Gasteiger partial charge in [0.1, 0.15) is 10.6 Å². The van der Waals surface area contributed by atoms with E-state index in [1.54, 1.807) is 55.6 Å².